The summed E-state index contributed by atoms with van der Waals surface area (Å²) in [6.45, 7) is 2.17. The molecular weight excluding hydrogens is 266 g/mol. The van der Waals surface area contributed by atoms with Crippen LogP contribution in [-0.2, 0) is 4.74 Å². The molecule has 17 heavy (non-hydrogen) atoms. The Bertz CT molecular complexity index is 383. The largest absolute Gasteiger partial charge is 0.388 e. The van der Waals surface area contributed by atoms with Gasteiger partial charge in [-0.05, 0) is 18.5 Å². The summed E-state index contributed by atoms with van der Waals surface area (Å²) in [5, 5.41) is 19.8. The van der Waals surface area contributed by atoms with Crippen LogP contribution >= 0.6 is 22.9 Å². The number of carbonyl (C=O) groups excluding carboxylic acids is 1. The van der Waals surface area contributed by atoms with E-state index in [0.717, 1.165) is 11.3 Å². The molecule has 96 valence electrons. The number of halogens is 1. The highest BCUT2D eigenvalue weighted by Crippen LogP contribution is 2.15. The number of nitrogens with one attached hydrogen (secondary N) is 1. The molecule has 1 rings (SSSR count). The van der Waals surface area contributed by atoms with E-state index in [9.17, 15) is 9.90 Å². The lowest BCUT2D eigenvalue weighted by Gasteiger charge is -2.22. The van der Waals surface area contributed by atoms with Gasteiger partial charge in [0, 0.05) is 26.7 Å². The van der Waals surface area contributed by atoms with Gasteiger partial charge in [0.25, 0.3) is 5.91 Å². The normalized spacial score (nSPS) is 14.4. The third-order valence-electron chi connectivity index (χ3n) is 2.07. The molecule has 2 N–H and O–H groups in total. The highest BCUT2D eigenvalue weighted by atomic mass is 35.5. The zero-order valence-electron chi connectivity index (χ0n) is 9.57. The first-order valence-corrected chi connectivity index (χ1v) is 6.12. The van der Waals surface area contributed by atoms with E-state index >= 15 is 0 Å². The van der Waals surface area contributed by atoms with E-state index in [1.54, 1.807) is 14.0 Å². The molecule has 1 heterocycles. The molecule has 1 unspecified atom stereocenters. The Kier molecular flexibility index (Phi) is 5.26. The maximum Gasteiger partial charge on any atom is 0.282 e. The van der Waals surface area contributed by atoms with Crippen LogP contribution in [0.15, 0.2) is 0 Å². The van der Waals surface area contributed by atoms with Gasteiger partial charge in [-0.2, -0.15) is 0 Å². The average Bonchev–Trinajstić information content (AvgIpc) is 2.70. The number of amides is 1. The first kappa shape index (κ1) is 14.3. The van der Waals surface area contributed by atoms with Crippen molar-refractivity contribution in [2.45, 2.75) is 18.9 Å². The van der Waals surface area contributed by atoms with E-state index < -0.39 is 11.5 Å². The number of aliphatic hydroxyl groups is 1. The maximum atomic E-state index is 11.6. The number of rotatable bonds is 6. The van der Waals surface area contributed by atoms with Gasteiger partial charge in [-0.3, -0.25) is 4.79 Å². The molecule has 1 amide bonds. The number of hydrogen-bond donors (Lipinski definition) is 2. The van der Waals surface area contributed by atoms with Crippen LogP contribution in [0.3, 0.4) is 0 Å². The molecule has 0 fully saturated rings. The molecule has 0 aromatic carbocycles. The fourth-order valence-electron chi connectivity index (χ4n) is 1.05. The minimum absolute atomic E-state index is 0.117. The van der Waals surface area contributed by atoms with Gasteiger partial charge in [0.2, 0.25) is 9.47 Å². The Morgan fingerprint density at radius 2 is 2.35 bits per heavy atom. The van der Waals surface area contributed by atoms with Crippen molar-refractivity contribution in [2.24, 2.45) is 0 Å². The van der Waals surface area contributed by atoms with Crippen LogP contribution in [0.5, 0.6) is 0 Å². The number of ether oxygens (including phenoxy) is 1. The number of hydrogen-bond acceptors (Lipinski definition) is 6. The molecule has 1 aromatic heterocycles. The smallest absolute Gasteiger partial charge is 0.282 e. The van der Waals surface area contributed by atoms with E-state index in [1.165, 1.54) is 0 Å². The monoisotopic (exact) mass is 279 g/mol. The molecule has 0 aliphatic carbocycles. The topological polar surface area (TPSA) is 84.3 Å². The Balaban J connectivity index is 2.42. The summed E-state index contributed by atoms with van der Waals surface area (Å²) in [6, 6.07) is 0. The van der Waals surface area contributed by atoms with Gasteiger partial charge in [-0.25, -0.2) is 0 Å². The molecule has 0 aliphatic heterocycles. The summed E-state index contributed by atoms with van der Waals surface area (Å²) in [5.41, 5.74) is -1.01. The Morgan fingerprint density at radius 3 is 2.88 bits per heavy atom. The van der Waals surface area contributed by atoms with Gasteiger partial charge in [-0.15, -0.1) is 10.2 Å². The molecular formula is C9H14ClN3O3S. The summed E-state index contributed by atoms with van der Waals surface area (Å²) >= 11 is 6.55. The number of carbonyl (C=O) groups is 1. The minimum Gasteiger partial charge on any atom is -0.388 e. The Hall–Kier alpha value is -0.760. The van der Waals surface area contributed by atoms with E-state index in [1.807, 2.05) is 0 Å². The number of nitrogens with zero attached hydrogens (tertiary/aromatic N) is 2. The summed E-state index contributed by atoms with van der Waals surface area (Å²) < 4.78 is 5.07. The number of aromatic nitrogens is 2. The second-order valence-corrected chi connectivity index (χ2v) is 5.34. The molecule has 1 aromatic rings. The highest BCUT2D eigenvalue weighted by molar-refractivity contribution is 7.17. The Labute approximate surface area is 108 Å². The Morgan fingerprint density at radius 1 is 1.65 bits per heavy atom. The summed E-state index contributed by atoms with van der Waals surface area (Å²) in [6.07, 6.45) is 0.431. The predicted molar refractivity (Wildman–Crippen MR) is 64.4 cm³/mol. The summed E-state index contributed by atoms with van der Waals surface area (Å²) in [5.74, 6) is -0.396. The first-order chi connectivity index (χ1) is 7.94. The van der Waals surface area contributed by atoms with Crippen LogP contribution < -0.4 is 5.32 Å². The molecule has 1 atom stereocenters. The lowest BCUT2D eigenvalue weighted by molar-refractivity contribution is 0.0243. The molecule has 0 aliphatic rings. The fraction of sp³-hybridized carbons (Fsp3) is 0.667. The molecule has 6 nitrogen and oxygen atoms in total. The lowest BCUT2D eigenvalue weighted by atomic mass is 10.0. The molecule has 0 spiro atoms. The molecule has 0 saturated heterocycles. The number of methoxy groups -OCH3 is 1. The van der Waals surface area contributed by atoms with Crippen LogP contribution in [0.2, 0.25) is 4.47 Å². The molecule has 0 bridgehead atoms. The fourth-order valence-corrected chi connectivity index (χ4v) is 1.80. The van der Waals surface area contributed by atoms with Crippen LogP contribution in [0.4, 0.5) is 0 Å². The lowest BCUT2D eigenvalue weighted by Crippen LogP contribution is -2.41. The zero-order valence-corrected chi connectivity index (χ0v) is 11.1. The van der Waals surface area contributed by atoms with Crippen LogP contribution in [0.25, 0.3) is 0 Å². The molecule has 0 radical (unpaired) electrons. The van der Waals surface area contributed by atoms with Gasteiger partial charge >= 0.3 is 0 Å². The maximum absolute atomic E-state index is 11.6. The van der Waals surface area contributed by atoms with Crippen molar-refractivity contribution in [3.05, 3.63) is 9.47 Å². The SMILES string of the molecule is COCCC(C)(O)CNC(=O)c1nnc(Cl)s1. The van der Waals surface area contributed by atoms with Gasteiger partial charge in [0.1, 0.15) is 0 Å². The van der Waals surface area contributed by atoms with Gasteiger partial charge in [0.15, 0.2) is 0 Å². The zero-order chi connectivity index (χ0) is 12.9. The second kappa shape index (κ2) is 6.25. The minimum atomic E-state index is -1.01. The van der Waals surface area contributed by atoms with E-state index in [-0.39, 0.29) is 16.0 Å². The quantitative estimate of drug-likeness (QED) is 0.801. The van der Waals surface area contributed by atoms with Gasteiger partial charge < -0.3 is 15.2 Å². The van der Waals surface area contributed by atoms with Gasteiger partial charge in [-0.1, -0.05) is 11.3 Å². The first-order valence-electron chi connectivity index (χ1n) is 4.93. The van der Waals surface area contributed by atoms with Crippen molar-refractivity contribution in [2.75, 3.05) is 20.3 Å². The van der Waals surface area contributed by atoms with Crippen molar-refractivity contribution < 1.29 is 14.6 Å². The third-order valence-corrected chi connectivity index (χ3v) is 3.09. The van der Waals surface area contributed by atoms with Crippen molar-refractivity contribution in [1.29, 1.82) is 0 Å². The van der Waals surface area contributed by atoms with Crippen LogP contribution in [-0.4, -0.2) is 47.1 Å². The van der Waals surface area contributed by atoms with E-state index in [4.69, 9.17) is 16.3 Å². The highest BCUT2D eigenvalue weighted by Gasteiger charge is 2.22. The van der Waals surface area contributed by atoms with E-state index in [2.05, 4.69) is 15.5 Å². The van der Waals surface area contributed by atoms with Gasteiger partial charge in [0.05, 0.1) is 5.60 Å². The second-order valence-electron chi connectivity index (χ2n) is 3.78. The molecule has 8 heteroatoms. The van der Waals surface area contributed by atoms with Crippen molar-refractivity contribution in [1.82, 2.24) is 15.5 Å². The van der Waals surface area contributed by atoms with Crippen molar-refractivity contribution >= 4 is 28.8 Å². The molecule has 0 saturated carbocycles. The summed E-state index contributed by atoms with van der Waals surface area (Å²) in [7, 11) is 1.55. The van der Waals surface area contributed by atoms with Crippen molar-refractivity contribution in [3.63, 3.8) is 0 Å². The predicted octanol–water partition coefficient (Wildman–Crippen LogP) is 0.709. The van der Waals surface area contributed by atoms with Crippen LogP contribution in [0.1, 0.15) is 23.1 Å². The van der Waals surface area contributed by atoms with Crippen LogP contribution in [0, 0.1) is 0 Å². The van der Waals surface area contributed by atoms with Crippen molar-refractivity contribution in [3.8, 4) is 0 Å². The standard InChI is InChI=1S/C9H14ClN3O3S/c1-9(15,3-4-16-2)5-11-6(14)7-12-13-8(10)17-7/h15H,3-5H2,1-2H3,(H,11,14). The van der Waals surface area contributed by atoms with E-state index in [0.29, 0.717) is 13.0 Å². The average molecular weight is 280 g/mol. The third kappa shape index (κ3) is 4.95. The summed E-state index contributed by atoms with van der Waals surface area (Å²) in [4.78, 5) is 11.6.